The zero-order chi connectivity index (χ0) is 14.3. The van der Waals surface area contributed by atoms with E-state index < -0.39 is 16.1 Å². The molecule has 0 bridgehead atoms. The van der Waals surface area contributed by atoms with Gasteiger partial charge in [0.2, 0.25) is 0 Å². The van der Waals surface area contributed by atoms with Crippen molar-refractivity contribution in [3.8, 4) is 0 Å². The number of aliphatic hydroxyl groups excluding tert-OH is 1. The standard InChI is InChI=1S/C13H12BrNO3S2/c14-10-6-8-19-13(10)20(17,18)15-7-5-12(16)9-3-1-2-4-11(9)15/h1-4,6,8,12,16H,5,7H2. The number of fused-ring (bicyclic) bond motifs is 1. The third kappa shape index (κ3) is 2.18. The van der Waals surface area contributed by atoms with Crippen LogP contribution in [0.3, 0.4) is 0 Å². The summed E-state index contributed by atoms with van der Waals surface area (Å²) >= 11 is 4.46. The SMILES string of the molecule is O=S(=O)(c1sccc1Br)N1CCC(O)c2ccccc21. The van der Waals surface area contributed by atoms with Gasteiger partial charge in [-0.05, 0) is 39.9 Å². The third-order valence-corrected chi connectivity index (χ3v) is 7.74. The van der Waals surface area contributed by atoms with Gasteiger partial charge in [-0.25, -0.2) is 8.42 Å². The summed E-state index contributed by atoms with van der Waals surface area (Å²) in [4.78, 5) is 0. The van der Waals surface area contributed by atoms with Crippen LogP contribution in [0, 0.1) is 0 Å². The molecule has 0 saturated heterocycles. The Bertz CT molecular complexity index is 742. The van der Waals surface area contributed by atoms with Gasteiger partial charge in [0, 0.05) is 16.6 Å². The maximum atomic E-state index is 12.8. The van der Waals surface area contributed by atoms with Crippen molar-refractivity contribution in [2.24, 2.45) is 0 Å². The van der Waals surface area contributed by atoms with Crippen LogP contribution in [0.2, 0.25) is 0 Å². The molecule has 1 aliphatic heterocycles. The number of anilines is 1. The number of para-hydroxylation sites is 1. The highest BCUT2D eigenvalue weighted by molar-refractivity contribution is 9.10. The minimum Gasteiger partial charge on any atom is -0.388 e. The number of nitrogens with zero attached hydrogens (tertiary/aromatic N) is 1. The number of aliphatic hydroxyl groups is 1. The molecule has 0 spiro atoms. The predicted octanol–water partition coefficient (Wildman–Crippen LogP) is 3.14. The largest absolute Gasteiger partial charge is 0.388 e. The zero-order valence-corrected chi connectivity index (χ0v) is 13.6. The maximum Gasteiger partial charge on any atom is 0.274 e. The van der Waals surface area contributed by atoms with Crippen LogP contribution in [0.4, 0.5) is 5.69 Å². The highest BCUT2D eigenvalue weighted by Gasteiger charge is 2.33. The number of hydrogen-bond acceptors (Lipinski definition) is 4. The molecule has 4 nitrogen and oxygen atoms in total. The lowest BCUT2D eigenvalue weighted by Crippen LogP contribution is -2.36. The molecule has 1 unspecified atom stereocenters. The van der Waals surface area contributed by atoms with E-state index in [2.05, 4.69) is 15.9 Å². The van der Waals surface area contributed by atoms with Crippen molar-refractivity contribution in [3.05, 3.63) is 45.7 Å². The first-order valence-electron chi connectivity index (χ1n) is 6.04. The van der Waals surface area contributed by atoms with Crippen molar-refractivity contribution in [2.45, 2.75) is 16.7 Å². The van der Waals surface area contributed by atoms with Gasteiger partial charge in [-0.15, -0.1) is 11.3 Å². The van der Waals surface area contributed by atoms with Crippen molar-refractivity contribution in [1.82, 2.24) is 0 Å². The van der Waals surface area contributed by atoms with Crippen LogP contribution >= 0.6 is 27.3 Å². The quantitative estimate of drug-likeness (QED) is 0.879. The molecule has 0 amide bonds. The highest BCUT2D eigenvalue weighted by atomic mass is 79.9. The number of hydrogen-bond donors (Lipinski definition) is 1. The fraction of sp³-hybridized carbons (Fsp3) is 0.231. The molecule has 1 aliphatic rings. The molecule has 3 rings (SSSR count). The Kier molecular flexibility index (Phi) is 3.62. The van der Waals surface area contributed by atoms with Crippen LogP contribution in [0.15, 0.2) is 44.4 Å². The minimum absolute atomic E-state index is 0.283. The van der Waals surface area contributed by atoms with Gasteiger partial charge in [-0.2, -0.15) is 0 Å². The highest BCUT2D eigenvalue weighted by Crippen LogP contribution is 2.39. The first kappa shape index (κ1) is 14.1. The molecule has 1 N–H and O–H groups in total. The van der Waals surface area contributed by atoms with Gasteiger partial charge in [0.25, 0.3) is 10.0 Å². The van der Waals surface area contributed by atoms with E-state index in [4.69, 9.17) is 0 Å². The van der Waals surface area contributed by atoms with Gasteiger partial charge in [-0.3, -0.25) is 4.31 Å². The van der Waals surface area contributed by atoms with Crippen molar-refractivity contribution in [2.75, 3.05) is 10.8 Å². The Morgan fingerprint density at radius 1 is 1.30 bits per heavy atom. The average molecular weight is 374 g/mol. The summed E-state index contributed by atoms with van der Waals surface area (Å²) in [5.41, 5.74) is 1.22. The number of rotatable bonds is 2. The molecular formula is C13H12BrNO3S2. The molecule has 2 heterocycles. The van der Waals surface area contributed by atoms with Gasteiger partial charge < -0.3 is 5.11 Å². The second kappa shape index (κ2) is 5.14. The van der Waals surface area contributed by atoms with E-state index in [-0.39, 0.29) is 6.54 Å². The molecule has 0 radical (unpaired) electrons. The van der Waals surface area contributed by atoms with E-state index in [1.54, 1.807) is 35.7 Å². The molecule has 0 fully saturated rings. The molecule has 0 saturated carbocycles. The molecule has 2 aromatic rings. The minimum atomic E-state index is -3.59. The molecule has 1 atom stereocenters. The van der Waals surface area contributed by atoms with Crippen LogP contribution in [0.5, 0.6) is 0 Å². The van der Waals surface area contributed by atoms with Crippen LogP contribution in [-0.2, 0) is 10.0 Å². The zero-order valence-electron chi connectivity index (χ0n) is 10.4. The summed E-state index contributed by atoms with van der Waals surface area (Å²) in [5.74, 6) is 0. The number of benzene rings is 1. The first-order chi connectivity index (χ1) is 9.51. The van der Waals surface area contributed by atoms with E-state index >= 15 is 0 Å². The molecule has 106 valence electrons. The van der Waals surface area contributed by atoms with Crippen molar-refractivity contribution in [1.29, 1.82) is 0 Å². The van der Waals surface area contributed by atoms with Crippen LogP contribution in [0.25, 0.3) is 0 Å². The second-order valence-electron chi connectivity index (χ2n) is 4.50. The third-order valence-electron chi connectivity index (χ3n) is 3.28. The lowest BCUT2D eigenvalue weighted by Gasteiger charge is -2.32. The number of sulfonamides is 1. The lowest BCUT2D eigenvalue weighted by atomic mass is 10.0. The summed E-state index contributed by atoms with van der Waals surface area (Å²) in [6, 6.07) is 8.81. The summed E-state index contributed by atoms with van der Waals surface area (Å²) in [5, 5.41) is 11.7. The first-order valence-corrected chi connectivity index (χ1v) is 9.16. The molecular weight excluding hydrogens is 362 g/mol. The summed E-state index contributed by atoms with van der Waals surface area (Å²) in [7, 11) is -3.59. The van der Waals surface area contributed by atoms with Gasteiger partial charge >= 0.3 is 0 Å². The normalized spacial score (nSPS) is 18.9. The van der Waals surface area contributed by atoms with Gasteiger partial charge in [-0.1, -0.05) is 18.2 Å². The van der Waals surface area contributed by atoms with Crippen LogP contribution in [0.1, 0.15) is 18.1 Å². The molecule has 1 aromatic carbocycles. The van der Waals surface area contributed by atoms with Gasteiger partial charge in [0.1, 0.15) is 0 Å². The fourth-order valence-electron chi connectivity index (χ4n) is 2.33. The molecule has 1 aromatic heterocycles. The molecule has 20 heavy (non-hydrogen) atoms. The van der Waals surface area contributed by atoms with Crippen LogP contribution < -0.4 is 4.31 Å². The smallest absolute Gasteiger partial charge is 0.274 e. The lowest BCUT2D eigenvalue weighted by molar-refractivity contribution is 0.166. The summed E-state index contributed by atoms with van der Waals surface area (Å²) < 4.78 is 27.8. The van der Waals surface area contributed by atoms with E-state index in [0.717, 1.165) is 0 Å². The van der Waals surface area contributed by atoms with E-state index in [0.29, 0.717) is 26.4 Å². The Morgan fingerprint density at radius 3 is 2.75 bits per heavy atom. The van der Waals surface area contributed by atoms with Gasteiger partial charge in [0.15, 0.2) is 4.21 Å². The Hall–Kier alpha value is -0.890. The topological polar surface area (TPSA) is 57.6 Å². The van der Waals surface area contributed by atoms with E-state index in [1.807, 2.05) is 0 Å². The van der Waals surface area contributed by atoms with Crippen molar-refractivity contribution >= 4 is 43.0 Å². The molecule has 7 heteroatoms. The summed E-state index contributed by atoms with van der Waals surface area (Å²) in [6.07, 6.45) is -0.205. The number of halogens is 1. The average Bonchev–Trinajstić information content (AvgIpc) is 2.86. The van der Waals surface area contributed by atoms with Crippen molar-refractivity contribution < 1.29 is 13.5 Å². The predicted molar refractivity (Wildman–Crippen MR) is 82.6 cm³/mol. The maximum absolute atomic E-state index is 12.8. The van der Waals surface area contributed by atoms with E-state index in [1.165, 1.54) is 15.6 Å². The van der Waals surface area contributed by atoms with E-state index in [9.17, 15) is 13.5 Å². The summed E-state index contributed by atoms with van der Waals surface area (Å²) in [6.45, 7) is 0.283. The Balaban J connectivity index is 2.13. The number of thiophene rings is 1. The Labute approximate surface area is 129 Å². The monoisotopic (exact) mass is 373 g/mol. The van der Waals surface area contributed by atoms with Gasteiger partial charge in [0.05, 0.1) is 11.8 Å². The molecule has 0 aliphatic carbocycles. The second-order valence-corrected chi connectivity index (χ2v) is 8.32. The van der Waals surface area contributed by atoms with Crippen LogP contribution in [-0.4, -0.2) is 20.1 Å². The van der Waals surface area contributed by atoms with Crippen molar-refractivity contribution in [3.63, 3.8) is 0 Å². The Morgan fingerprint density at radius 2 is 2.05 bits per heavy atom. The fourth-order valence-corrected chi connectivity index (χ4v) is 6.24.